The molecular formula is C11H19N3O3S2. The van der Waals surface area contributed by atoms with E-state index in [1.54, 1.807) is 11.2 Å². The molecule has 0 radical (unpaired) electrons. The van der Waals surface area contributed by atoms with Gasteiger partial charge in [0.15, 0.2) is 4.21 Å². The lowest BCUT2D eigenvalue weighted by Crippen LogP contribution is -2.41. The molecule has 0 spiro atoms. The number of rotatable bonds is 5. The molecule has 2 rings (SSSR count). The molecule has 6 nitrogen and oxygen atoms in total. The van der Waals surface area contributed by atoms with E-state index in [1.807, 2.05) is 6.92 Å². The summed E-state index contributed by atoms with van der Waals surface area (Å²) >= 11 is 0.773. The second-order valence-corrected chi connectivity index (χ2v) is 7.76. The minimum Gasteiger partial charge on any atom is -0.315 e. The summed E-state index contributed by atoms with van der Waals surface area (Å²) in [5, 5.41) is 3.18. The van der Waals surface area contributed by atoms with Gasteiger partial charge in [-0.25, -0.2) is 8.42 Å². The van der Waals surface area contributed by atoms with E-state index in [-0.39, 0.29) is 15.1 Å². The third-order valence-corrected chi connectivity index (χ3v) is 6.74. The maximum atomic E-state index is 12.7. The van der Waals surface area contributed by atoms with Crippen LogP contribution in [0.3, 0.4) is 0 Å². The number of H-pyrrole nitrogens is 1. The van der Waals surface area contributed by atoms with Gasteiger partial charge in [-0.05, 0) is 26.3 Å². The number of aromatic amines is 1. The molecule has 1 aromatic heterocycles. The Morgan fingerprint density at radius 1 is 1.47 bits per heavy atom. The second-order valence-electron chi connectivity index (χ2n) is 4.69. The lowest BCUT2D eigenvalue weighted by atomic mass is 10.2. The predicted molar refractivity (Wildman–Crippen MR) is 75.1 cm³/mol. The SMILES string of the molecule is CCCN(C1CCNC1)S(=O)(=O)c1sc(=O)[nH]c1C. The molecule has 1 saturated heterocycles. The maximum absolute atomic E-state index is 12.7. The monoisotopic (exact) mass is 305 g/mol. The van der Waals surface area contributed by atoms with Crippen LogP contribution in [-0.4, -0.2) is 43.4 Å². The van der Waals surface area contributed by atoms with Crippen LogP contribution in [0.2, 0.25) is 0 Å². The van der Waals surface area contributed by atoms with Crippen LogP contribution in [-0.2, 0) is 10.0 Å². The number of hydrogen-bond donors (Lipinski definition) is 2. The fraction of sp³-hybridized carbons (Fsp3) is 0.727. The molecule has 0 aliphatic carbocycles. The van der Waals surface area contributed by atoms with Crippen LogP contribution in [0.4, 0.5) is 0 Å². The standard InChI is InChI=1S/C11H19N3O3S2/c1-3-6-14(9-4-5-12-7-9)19(16,17)10-8(2)13-11(15)18-10/h9,12H,3-7H2,1-2H3,(H,13,15). The summed E-state index contributed by atoms with van der Waals surface area (Å²) in [5.41, 5.74) is 0.432. The van der Waals surface area contributed by atoms with Crippen molar-refractivity contribution in [3.63, 3.8) is 0 Å². The van der Waals surface area contributed by atoms with Gasteiger partial charge in [0.2, 0.25) is 0 Å². The van der Waals surface area contributed by atoms with Crippen molar-refractivity contribution >= 4 is 21.4 Å². The average molecular weight is 305 g/mol. The third-order valence-electron chi connectivity index (χ3n) is 3.21. The molecule has 1 fully saturated rings. The van der Waals surface area contributed by atoms with Gasteiger partial charge in [-0.3, -0.25) is 4.79 Å². The third kappa shape index (κ3) is 2.91. The minimum atomic E-state index is -3.58. The fourth-order valence-corrected chi connectivity index (χ4v) is 5.51. The quantitative estimate of drug-likeness (QED) is 0.830. The van der Waals surface area contributed by atoms with Gasteiger partial charge in [-0.2, -0.15) is 4.31 Å². The molecule has 0 saturated carbocycles. The van der Waals surface area contributed by atoms with Gasteiger partial charge >= 0.3 is 4.87 Å². The van der Waals surface area contributed by atoms with Crippen molar-refractivity contribution in [1.29, 1.82) is 0 Å². The zero-order chi connectivity index (χ0) is 14.0. The first kappa shape index (κ1) is 14.7. The molecule has 2 N–H and O–H groups in total. The van der Waals surface area contributed by atoms with E-state index < -0.39 is 10.0 Å². The van der Waals surface area contributed by atoms with E-state index in [1.165, 1.54) is 0 Å². The van der Waals surface area contributed by atoms with Crippen molar-refractivity contribution in [2.24, 2.45) is 0 Å². The molecular weight excluding hydrogens is 286 g/mol. The normalized spacial score (nSPS) is 20.3. The molecule has 8 heteroatoms. The van der Waals surface area contributed by atoms with Crippen LogP contribution < -0.4 is 10.2 Å². The first-order valence-electron chi connectivity index (χ1n) is 6.39. The summed E-state index contributed by atoms with van der Waals surface area (Å²) in [7, 11) is -3.58. The molecule has 1 aromatic rings. The summed E-state index contributed by atoms with van der Waals surface area (Å²) in [6.07, 6.45) is 1.58. The van der Waals surface area contributed by atoms with Crippen LogP contribution in [0.5, 0.6) is 0 Å². The molecule has 1 aliphatic heterocycles. The molecule has 0 bridgehead atoms. The Hall–Kier alpha value is -0.700. The van der Waals surface area contributed by atoms with E-state index >= 15 is 0 Å². The van der Waals surface area contributed by atoms with E-state index in [0.717, 1.165) is 30.7 Å². The van der Waals surface area contributed by atoms with Crippen LogP contribution in [0, 0.1) is 6.92 Å². The van der Waals surface area contributed by atoms with Crippen LogP contribution in [0.25, 0.3) is 0 Å². The topological polar surface area (TPSA) is 82.3 Å². The Morgan fingerprint density at radius 2 is 2.21 bits per heavy atom. The highest BCUT2D eigenvalue weighted by Crippen LogP contribution is 2.25. The highest BCUT2D eigenvalue weighted by Gasteiger charge is 2.34. The van der Waals surface area contributed by atoms with Gasteiger partial charge < -0.3 is 10.3 Å². The fourth-order valence-electron chi connectivity index (χ4n) is 2.35. The van der Waals surface area contributed by atoms with Gasteiger partial charge in [0.25, 0.3) is 10.0 Å². The average Bonchev–Trinajstić information content (AvgIpc) is 2.95. The van der Waals surface area contributed by atoms with E-state index in [4.69, 9.17) is 0 Å². The van der Waals surface area contributed by atoms with Crippen molar-refractivity contribution in [3.8, 4) is 0 Å². The zero-order valence-corrected chi connectivity index (χ0v) is 12.7. The molecule has 1 aliphatic rings. The Bertz CT molecular complexity index is 585. The Morgan fingerprint density at radius 3 is 2.68 bits per heavy atom. The molecule has 2 heterocycles. The summed E-state index contributed by atoms with van der Waals surface area (Å²) < 4.78 is 27.1. The van der Waals surface area contributed by atoms with Crippen molar-refractivity contribution in [1.82, 2.24) is 14.6 Å². The minimum absolute atomic E-state index is 0.0125. The predicted octanol–water partition coefficient (Wildman–Crippen LogP) is 0.507. The van der Waals surface area contributed by atoms with Crippen molar-refractivity contribution in [2.45, 2.75) is 36.9 Å². The number of sulfonamides is 1. The van der Waals surface area contributed by atoms with E-state index in [9.17, 15) is 13.2 Å². The summed E-state index contributed by atoms with van der Waals surface area (Å²) in [5.74, 6) is 0. The molecule has 1 atom stereocenters. The van der Waals surface area contributed by atoms with E-state index in [2.05, 4.69) is 10.3 Å². The van der Waals surface area contributed by atoms with Gasteiger partial charge in [-0.15, -0.1) is 0 Å². The van der Waals surface area contributed by atoms with Crippen LogP contribution in [0.15, 0.2) is 9.00 Å². The van der Waals surface area contributed by atoms with Crippen LogP contribution >= 0.6 is 11.3 Å². The van der Waals surface area contributed by atoms with Crippen LogP contribution in [0.1, 0.15) is 25.5 Å². The van der Waals surface area contributed by atoms with Crippen molar-refractivity contribution in [3.05, 3.63) is 15.4 Å². The number of thiazole rings is 1. The Labute approximate surface area is 116 Å². The largest absolute Gasteiger partial charge is 0.315 e. The Balaban J connectivity index is 2.39. The zero-order valence-electron chi connectivity index (χ0n) is 11.1. The number of nitrogens with one attached hydrogen (secondary N) is 2. The smallest absolute Gasteiger partial charge is 0.305 e. The number of aryl methyl sites for hydroxylation is 1. The first-order chi connectivity index (χ1) is 8.96. The molecule has 108 valence electrons. The lowest BCUT2D eigenvalue weighted by Gasteiger charge is -2.26. The highest BCUT2D eigenvalue weighted by molar-refractivity contribution is 7.91. The first-order valence-corrected chi connectivity index (χ1v) is 8.64. The molecule has 19 heavy (non-hydrogen) atoms. The van der Waals surface area contributed by atoms with Gasteiger partial charge in [0.1, 0.15) is 0 Å². The molecule has 1 unspecified atom stereocenters. The van der Waals surface area contributed by atoms with Gasteiger partial charge in [0, 0.05) is 24.8 Å². The van der Waals surface area contributed by atoms with Crippen molar-refractivity contribution < 1.29 is 8.42 Å². The summed E-state index contributed by atoms with van der Waals surface area (Å²) in [6, 6.07) is -0.0125. The maximum Gasteiger partial charge on any atom is 0.305 e. The molecule has 0 aromatic carbocycles. The van der Waals surface area contributed by atoms with Crippen molar-refractivity contribution in [2.75, 3.05) is 19.6 Å². The number of aromatic nitrogens is 1. The number of nitrogens with zero attached hydrogens (tertiary/aromatic N) is 1. The lowest BCUT2D eigenvalue weighted by molar-refractivity contribution is 0.335. The summed E-state index contributed by atoms with van der Waals surface area (Å²) in [6.45, 7) is 5.58. The van der Waals surface area contributed by atoms with Gasteiger partial charge in [-0.1, -0.05) is 18.3 Å². The number of hydrogen-bond acceptors (Lipinski definition) is 5. The second kappa shape index (κ2) is 5.74. The highest BCUT2D eigenvalue weighted by atomic mass is 32.2. The Kier molecular flexibility index (Phi) is 4.44. The van der Waals surface area contributed by atoms with E-state index in [0.29, 0.717) is 18.8 Å². The summed E-state index contributed by atoms with van der Waals surface area (Å²) in [4.78, 5) is 13.5. The van der Waals surface area contributed by atoms with Gasteiger partial charge in [0.05, 0.1) is 0 Å². The molecule has 0 amide bonds.